The Hall–Kier alpha value is -1.89. The minimum atomic E-state index is -3.72. The number of sulfonamides is 1. The van der Waals surface area contributed by atoms with Gasteiger partial charge in [-0.25, -0.2) is 13.2 Å². The number of carbonyl (C=O) groups is 1. The number of halogens is 1. The van der Waals surface area contributed by atoms with E-state index >= 15 is 0 Å². The van der Waals surface area contributed by atoms with Gasteiger partial charge >= 0.3 is 5.97 Å². The molecule has 0 unspecified atom stereocenters. The van der Waals surface area contributed by atoms with Crippen LogP contribution in [0.4, 0.5) is 0 Å². The predicted molar refractivity (Wildman–Crippen MR) is 123 cm³/mol. The summed E-state index contributed by atoms with van der Waals surface area (Å²) in [6.45, 7) is 2.29. The Morgan fingerprint density at radius 3 is 2.26 bits per heavy atom. The number of hydrogen-bond acceptors (Lipinski definition) is 4. The highest BCUT2D eigenvalue weighted by Gasteiger charge is 2.33. The highest BCUT2D eigenvalue weighted by molar-refractivity contribution is 7.89. The third kappa shape index (κ3) is 5.88. The molecule has 5 nitrogen and oxygen atoms in total. The second kappa shape index (κ2) is 10.6. The molecule has 31 heavy (non-hydrogen) atoms. The van der Waals surface area contributed by atoms with E-state index < -0.39 is 16.0 Å². The topological polar surface area (TPSA) is 63.7 Å². The van der Waals surface area contributed by atoms with Crippen molar-refractivity contribution >= 4 is 27.6 Å². The van der Waals surface area contributed by atoms with E-state index in [1.54, 1.807) is 52.8 Å². The third-order valence-corrected chi connectivity index (χ3v) is 8.26. The monoisotopic (exact) mass is 463 g/mol. The molecule has 1 atom stereocenters. The summed E-state index contributed by atoms with van der Waals surface area (Å²) in [7, 11) is -2.38. The lowest BCUT2D eigenvalue weighted by atomic mass is 9.96. The minimum absolute atomic E-state index is 0.0935. The summed E-state index contributed by atoms with van der Waals surface area (Å²) in [6.07, 6.45) is 6.38. The lowest BCUT2D eigenvalue weighted by molar-refractivity contribution is 0.0600. The molecule has 1 aliphatic carbocycles. The zero-order valence-corrected chi connectivity index (χ0v) is 19.7. The molecular weight excluding hydrogens is 434 g/mol. The Morgan fingerprint density at radius 2 is 1.71 bits per heavy atom. The molecule has 0 aromatic heterocycles. The molecule has 0 bridgehead atoms. The normalized spacial score (nSPS) is 15.9. The Morgan fingerprint density at radius 1 is 1.10 bits per heavy atom. The summed E-state index contributed by atoms with van der Waals surface area (Å²) in [4.78, 5) is 12.0. The van der Waals surface area contributed by atoms with Crippen molar-refractivity contribution in [3.05, 3.63) is 64.7 Å². The van der Waals surface area contributed by atoms with Gasteiger partial charge in [0.15, 0.2) is 0 Å². The molecule has 0 radical (unpaired) electrons. The van der Waals surface area contributed by atoms with Gasteiger partial charge in [0.05, 0.1) is 17.6 Å². The molecule has 1 fully saturated rings. The molecule has 7 heteroatoms. The molecule has 3 rings (SSSR count). The fourth-order valence-corrected chi connectivity index (χ4v) is 6.14. The second-order valence-electron chi connectivity index (χ2n) is 8.14. The van der Waals surface area contributed by atoms with Crippen LogP contribution >= 0.6 is 11.6 Å². The lowest BCUT2D eigenvalue weighted by Crippen LogP contribution is -2.40. The zero-order valence-electron chi connectivity index (χ0n) is 18.1. The second-order valence-corrected chi connectivity index (χ2v) is 10.5. The Bertz CT molecular complexity index is 968. The van der Waals surface area contributed by atoms with Gasteiger partial charge in [0.25, 0.3) is 0 Å². The van der Waals surface area contributed by atoms with Gasteiger partial charge < -0.3 is 4.74 Å². The predicted octanol–water partition coefficient (Wildman–Crippen LogP) is 5.68. The zero-order chi connectivity index (χ0) is 22.4. The van der Waals surface area contributed by atoms with Crippen LogP contribution in [0.3, 0.4) is 0 Å². The van der Waals surface area contributed by atoms with E-state index in [-0.39, 0.29) is 17.5 Å². The summed E-state index contributed by atoms with van der Waals surface area (Å²) in [5.74, 6) is 0.152. The summed E-state index contributed by atoms with van der Waals surface area (Å²) in [5.41, 5.74) is 1.27. The average molecular weight is 464 g/mol. The largest absolute Gasteiger partial charge is 0.465 e. The van der Waals surface area contributed by atoms with Gasteiger partial charge in [-0.1, -0.05) is 56.3 Å². The van der Waals surface area contributed by atoms with E-state index in [1.807, 2.05) is 6.92 Å². The van der Waals surface area contributed by atoms with E-state index in [2.05, 4.69) is 0 Å². The van der Waals surface area contributed by atoms with Crippen LogP contribution in [0.2, 0.25) is 5.02 Å². The molecule has 0 amide bonds. The first kappa shape index (κ1) is 23.8. The van der Waals surface area contributed by atoms with Gasteiger partial charge in [0, 0.05) is 17.6 Å². The molecule has 2 aromatic rings. The molecule has 1 saturated carbocycles. The number of esters is 1. The van der Waals surface area contributed by atoms with Crippen LogP contribution in [0.15, 0.2) is 53.4 Å². The highest BCUT2D eigenvalue weighted by Crippen LogP contribution is 2.33. The summed E-state index contributed by atoms with van der Waals surface area (Å²) in [5, 5.41) is 0.502. The van der Waals surface area contributed by atoms with Crippen molar-refractivity contribution in [3.8, 4) is 0 Å². The number of methoxy groups -OCH3 is 1. The maximum absolute atomic E-state index is 13.7. The van der Waals surface area contributed by atoms with E-state index in [0.29, 0.717) is 16.5 Å². The first-order valence-electron chi connectivity index (χ1n) is 10.8. The lowest BCUT2D eigenvalue weighted by Gasteiger charge is -2.32. The summed E-state index contributed by atoms with van der Waals surface area (Å²) < 4.78 is 33.7. The number of rotatable bonds is 9. The highest BCUT2D eigenvalue weighted by atomic mass is 35.5. The van der Waals surface area contributed by atoms with Crippen LogP contribution in [0.5, 0.6) is 0 Å². The van der Waals surface area contributed by atoms with Crippen LogP contribution < -0.4 is 0 Å². The van der Waals surface area contributed by atoms with Crippen molar-refractivity contribution in [3.63, 3.8) is 0 Å². The molecule has 0 aliphatic heterocycles. The first-order chi connectivity index (χ1) is 14.8. The number of benzene rings is 2. The van der Waals surface area contributed by atoms with E-state index in [0.717, 1.165) is 18.4 Å². The quantitative estimate of drug-likeness (QED) is 0.449. The molecule has 0 heterocycles. The average Bonchev–Trinajstić information content (AvgIpc) is 3.29. The molecule has 0 spiro atoms. The fourth-order valence-electron chi connectivity index (χ4n) is 4.32. The van der Waals surface area contributed by atoms with Crippen LogP contribution in [-0.2, 0) is 21.3 Å². The number of carbonyl (C=O) groups excluding carboxylic acids is 1. The van der Waals surface area contributed by atoms with E-state index in [9.17, 15) is 13.2 Å². The third-order valence-electron chi connectivity index (χ3n) is 6.09. The Balaban J connectivity index is 1.92. The molecular formula is C24H30ClNO4S. The molecule has 2 aromatic carbocycles. The van der Waals surface area contributed by atoms with Gasteiger partial charge in [-0.05, 0) is 60.7 Å². The van der Waals surface area contributed by atoms with Gasteiger partial charge in [-0.3, -0.25) is 0 Å². The van der Waals surface area contributed by atoms with Crippen molar-refractivity contribution in [1.29, 1.82) is 0 Å². The van der Waals surface area contributed by atoms with Crippen LogP contribution in [0, 0.1) is 5.92 Å². The summed E-state index contributed by atoms with van der Waals surface area (Å²) in [6, 6.07) is 13.2. The van der Waals surface area contributed by atoms with Crippen LogP contribution in [0.25, 0.3) is 0 Å². The van der Waals surface area contributed by atoms with Crippen molar-refractivity contribution < 1.29 is 17.9 Å². The molecule has 0 saturated heterocycles. The number of nitrogens with zero attached hydrogens (tertiary/aromatic N) is 1. The SMILES string of the molecule is CC[C@H](CC1CCCC1)N(Cc1ccc(C(=O)OC)cc1)S(=O)(=O)c1ccc(Cl)cc1. The summed E-state index contributed by atoms with van der Waals surface area (Å²) >= 11 is 5.98. The van der Waals surface area contributed by atoms with Gasteiger partial charge in [0.2, 0.25) is 10.0 Å². The van der Waals surface area contributed by atoms with E-state index in [4.69, 9.17) is 16.3 Å². The smallest absolute Gasteiger partial charge is 0.337 e. The minimum Gasteiger partial charge on any atom is -0.465 e. The Kier molecular flexibility index (Phi) is 8.14. The van der Waals surface area contributed by atoms with Gasteiger partial charge in [-0.15, -0.1) is 0 Å². The maximum Gasteiger partial charge on any atom is 0.337 e. The van der Waals surface area contributed by atoms with Crippen molar-refractivity contribution in [2.24, 2.45) is 5.92 Å². The first-order valence-corrected chi connectivity index (χ1v) is 12.6. The molecule has 0 N–H and O–H groups in total. The maximum atomic E-state index is 13.7. The van der Waals surface area contributed by atoms with Crippen LogP contribution in [0.1, 0.15) is 61.4 Å². The Labute approximate surface area is 190 Å². The number of hydrogen-bond donors (Lipinski definition) is 0. The van der Waals surface area contributed by atoms with Crippen molar-refractivity contribution in [1.82, 2.24) is 4.31 Å². The van der Waals surface area contributed by atoms with Crippen molar-refractivity contribution in [2.75, 3.05) is 7.11 Å². The number of ether oxygens (including phenoxy) is 1. The van der Waals surface area contributed by atoms with Gasteiger partial charge in [-0.2, -0.15) is 4.31 Å². The fraction of sp³-hybridized carbons (Fsp3) is 0.458. The van der Waals surface area contributed by atoms with Crippen molar-refractivity contribution in [2.45, 2.75) is 62.9 Å². The molecule has 1 aliphatic rings. The molecule has 168 valence electrons. The van der Waals surface area contributed by atoms with Crippen LogP contribution in [-0.4, -0.2) is 31.8 Å². The van der Waals surface area contributed by atoms with E-state index in [1.165, 1.54) is 32.8 Å². The van der Waals surface area contributed by atoms with Gasteiger partial charge in [0.1, 0.15) is 0 Å². The standard InChI is InChI=1S/C24H30ClNO4S/c1-3-22(16-18-6-4-5-7-18)26(31(28,29)23-14-12-21(25)13-15-23)17-19-8-10-20(11-9-19)24(27)30-2/h8-15,18,22H,3-7,16-17H2,1-2H3/t22-/m1/s1.